The lowest BCUT2D eigenvalue weighted by Crippen LogP contribution is -1.86. The monoisotopic (exact) mass is 347 g/mol. The Bertz CT molecular complexity index is 1200. The smallest absolute Gasteiger partial charge is 0.181 e. The minimum absolute atomic E-state index is 0.807. The fourth-order valence-electron chi connectivity index (χ4n) is 3.48. The van der Waals surface area contributed by atoms with E-state index in [4.69, 9.17) is 4.42 Å². The largest absolute Gasteiger partial charge is 0.443 e. The van der Waals surface area contributed by atoms with E-state index < -0.39 is 0 Å². The van der Waals surface area contributed by atoms with E-state index in [1.165, 1.54) is 34.2 Å². The zero-order valence-electron chi connectivity index (χ0n) is 14.7. The molecule has 2 nitrogen and oxygen atoms in total. The topological polar surface area (TPSA) is 26.0 Å². The van der Waals surface area contributed by atoms with Crippen LogP contribution in [0.1, 0.15) is 0 Å². The van der Waals surface area contributed by atoms with Crippen molar-refractivity contribution in [1.82, 2.24) is 4.98 Å². The zero-order valence-corrected chi connectivity index (χ0v) is 14.7. The average Bonchev–Trinajstić information content (AvgIpc) is 3.22. The summed E-state index contributed by atoms with van der Waals surface area (Å²) in [6.07, 6.45) is 1.49. The molecule has 0 saturated carbocycles. The summed E-state index contributed by atoms with van der Waals surface area (Å²) < 4.78 is 5.48. The van der Waals surface area contributed by atoms with Gasteiger partial charge in [0.2, 0.25) is 0 Å². The van der Waals surface area contributed by atoms with Crippen molar-refractivity contribution >= 4 is 11.1 Å². The maximum absolute atomic E-state index is 5.48. The highest BCUT2D eigenvalue weighted by atomic mass is 16.3. The first-order chi connectivity index (χ1) is 13.4. The van der Waals surface area contributed by atoms with Crippen LogP contribution in [0.2, 0.25) is 0 Å². The first kappa shape index (κ1) is 15.6. The lowest BCUT2D eigenvalue weighted by atomic mass is 9.93. The Morgan fingerprint density at radius 3 is 1.89 bits per heavy atom. The van der Waals surface area contributed by atoms with Crippen molar-refractivity contribution in [3.8, 4) is 33.4 Å². The fourth-order valence-corrected chi connectivity index (χ4v) is 3.48. The van der Waals surface area contributed by atoms with Crippen LogP contribution in [0.25, 0.3) is 44.5 Å². The number of hydrogen-bond acceptors (Lipinski definition) is 2. The number of nitrogens with zero attached hydrogens (tertiary/aromatic N) is 1. The summed E-state index contributed by atoms with van der Waals surface area (Å²) in [4.78, 5) is 4.21. The van der Waals surface area contributed by atoms with Gasteiger partial charge in [0.05, 0.1) is 0 Å². The molecular weight excluding hydrogens is 330 g/mol. The number of oxazole rings is 1. The highest BCUT2D eigenvalue weighted by Crippen LogP contribution is 2.34. The predicted octanol–water partition coefficient (Wildman–Crippen LogP) is 6.83. The quantitative estimate of drug-likeness (QED) is 0.357. The van der Waals surface area contributed by atoms with Crippen molar-refractivity contribution in [3.63, 3.8) is 0 Å². The van der Waals surface area contributed by atoms with Gasteiger partial charge in [-0.05, 0) is 45.5 Å². The van der Waals surface area contributed by atoms with E-state index in [-0.39, 0.29) is 0 Å². The molecule has 27 heavy (non-hydrogen) atoms. The number of hydrogen-bond donors (Lipinski definition) is 0. The highest BCUT2D eigenvalue weighted by molar-refractivity contribution is 5.88. The molecule has 0 spiro atoms. The molecule has 0 saturated heterocycles. The van der Waals surface area contributed by atoms with E-state index in [2.05, 4.69) is 89.9 Å². The van der Waals surface area contributed by atoms with Crippen LogP contribution >= 0.6 is 0 Å². The third kappa shape index (κ3) is 2.91. The first-order valence-corrected chi connectivity index (χ1v) is 8.97. The fraction of sp³-hybridized carbons (Fsp3) is 0. The van der Waals surface area contributed by atoms with Crippen molar-refractivity contribution < 1.29 is 4.42 Å². The number of aromatic nitrogens is 1. The molecule has 128 valence electrons. The molecule has 0 amide bonds. The molecule has 0 fully saturated rings. The van der Waals surface area contributed by atoms with E-state index >= 15 is 0 Å². The van der Waals surface area contributed by atoms with Gasteiger partial charge in [-0.15, -0.1) is 0 Å². The van der Waals surface area contributed by atoms with Crippen LogP contribution in [-0.2, 0) is 0 Å². The van der Waals surface area contributed by atoms with Crippen LogP contribution in [0.15, 0.2) is 108 Å². The zero-order chi connectivity index (χ0) is 18.1. The molecule has 0 radical (unpaired) electrons. The molecule has 1 aromatic heterocycles. The second-order valence-corrected chi connectivity index (χ2v) is 6.52. The molecule has 0 bridgehead atoms. The van der Waals surface area contributed by atoms with Gasteiger partial charge in [-0.2, -0.15) is 0 Å². The molecule has 0 atom stereocenters. The molecule has 5 rings (SSSR count). The Balaban J connectivity index is 1.58. The van der Waals surface area contributed by atoms with Crippen LogP contribution in [0.4, 0.5) is 0 Å². The molecule has 1 heterocycles. The Morgan fingerprint density at radius 2 is 1.11 bits per heavy atom. The Hall–Kier alpha value is -3.65. The molecular formula is C25H17NO. The summed E-state index contributed by atoms with van der Waals surface area (Å²) >= 11 is 0. The summed E-state index contributed by atoms with van der Waals surface area (Å²) in [5.41, 5.74) is 8.85. The number of rotatable bonds is 3. The molecule has 4 aromatic carbocycles. The van der Waals surface area contributed by atoms with E-state index in [1.54, 1.807) is 0 Å². The Kier molecular flexibility index (Phi) is 3.80. The molecule has 0 unspecified atom stereocenters. The van der Waals surface area contributed by atoms with Crippen LogP contribution < -0.4 is 0 Å². The average molecular weight is 347 g/mol. The molecule has 0 aliphatic heterocycles. The van der Waals surface area contributed by atoms with Crippen LogP contribution in [0.3, 0.4) is 0 Å². The van der Waals surface area contributed by atoms with Gasteiger partial charge in [0.15, 0.2) is 12.0 Å². The third-order valence-corrected chi connectivity index (χ3v) is 4.87. The minimum Gasteiger partial charge on any atom is -0.443 e. The first-order valence-electron chi connectivity index (χ1n) is 8.97. The summed E-state index contributed by atoms with van der Waals surface area (Å²) in [7, 11) is 0. The lowest BCUT2D eigenvalue weighted by Gasteiger charge is -2.11. The Morgan fingerprint density at radius 1 is 0.519 bits per heavy atom. The summed E-state index contributed by atoms with van der Waals surface area (Å²) in [5.74, 6) is 0. The second kappa shape index (κ2) is 6.58. The van der Waals surface area contributed by atoms with Gasteiger partial charge in [-0.25, -0.2) is 4.98 Å². The summed E-state index contributed by atoms with van der Waals surface area (Å²) in [6.45, 7) is 0. The Labute approximate surface area is 157 Å². The van der Waals surface area contributed by atoms with E-state index in [0.29, 0.717) is 0 Å². The normalized spacial score (nSPS) is 11.0. The van der Waals surface area contributed by atoms with Crippen molar-refractivity contribution in [3.05, 3.63) is 103 Å². The van der Waals surface area contributed by atoms with Crippen LogP contribution in [0.5, 0.6) is 0 Å². The van der Waals surface area contributed by atoms with Gasteiger partial charge in [0, 0.05) is 0 Å². The van der Waals surface area contributed by atoms with Gasteiger partial charge in [0.1, 0.15) is 5.52 Å². The van der Waals surface area contributed by atoms with E-state index in [1.807, 2.05) is 12.1 Å². The van der Waals surface area contributed by atoms with Gasteiger partial charge >= 0.3 is 0 Å². The maximum Gasteiger partial charge on any atom is 0.181 e. The standard InChI is InChI=1S/C25H17NO/c1-2-6-18(7-3-1)19-10-12-20(13-11-19)22-8-4-5-9-23(22)21-14-15-24-25(16-21)27-17-26-24/h1-17H. The number of fused-ring (bicyclic) bond motifs is 1. The third-order valence-electron chi connectivity index (χ3n) is 4.87. The molecule has 0 aliphatic rings. The highest BCUT2D eigenvalue weighted by Gasteiger charge is 2.09. The van der Waals surface area contributed by atoms with Crippen molar-refractivity contribution in [2.24, 2.45) is 0 Å². The summed E-state index contributed by atoms with van der Waals surface area (Å²) in [6, 6.07) is 33.8. The van der Waals surface area contributed by atoms with Crippen molar-refractivity contribution in [2.75, 3.05) is 0 Å². The van der Waals surface area contributed by atoms with Gasteiger partial charge in [0.25, 0.3) is 0 Å². The second-order valence-electron chi connectivity index (χ2n) is 6.52. The molecule has 0 N–H and O–H groups in total. The van der Waals surface area contributed by atoms with Crippen molar-refractivity contribution in [2.45, 2.75) is 0 Å². The SMILES string of the molecule is c1ccc(-c2ccc(-c3ccccc3-c3ccc4ncoc4c3)cc2)cc1. The van der Waals surface area contributed by atoms with E-state index in [9.17, 15) is 0 Å². The maximum atomic E-state index is 5.48. The van der Waals surface area contributed by atoms with E-state index in [0.717, 1.165) is 16.7 Å². The minimum atomic E-state index is 0.807. The number of benzene rings is 4. The van der Waals surface area contributed by atoms with Gasteiger partial charge in [-0.1, -0.05) is 84.9 Å². The van der Waals surface area contributed by atoms with Crippen LogP contribution in [-0.4, -0.2) is 4.98 Å². The van der Waals surface area contributed by atoms with Crippen LogP contribution in [0, 0.1) is 0 Å². The molecule has 2 heteroatoms. The summed E-state index contributed by atoms with van der Waals surface area (Å²) in [5, 5.41) is 0. The predicted molar refractivity (Wildman–Crippen MR) is 110 cm³/mol. The van der Waals surface area contributed by atoms with Gasteiger partial charge in [-0.3, -0.25) is 0 Å². The van der Waals surface area contributed by atoms with Gasteiger partial charge < -0.3 is 4.42 Å². The molecule has 5 aromatic rings. The molecule has 0 aliphatic carbocycles. The van der Waals surface area contributed by atoms with Crippen molar-refractivity contribution in [1.29, 1.82) is 0 Å². The lowest BCUT2D eigenvalue weighted by molar-refractivity contribution is 0.602.